The van der Waals surface area contributed by atoms with E-state index in [9.17, 15) is 29.1 Å². The van der Waals surface area contributed by atoms with Gasteiger partial charge in [0.05, 0.1) is 23.7 Å². The van der Waals surface area contributed by atoms with Crippen molar-refractivity contribution in [2.24, 2.45) is 0 Å². The number of benzene rings is 6. The molecule has 0 heterocycles. The maximum atomic E-state index is 11.3. The maximum absolute atomic E-state index is 11.3. The third-order valence-electron chi connectivity index (χ3n) is 9.62. The molecule has 0 aliphatic heterocycles. The summed E-state index contributed by atoms with van der Waals surface area (Å²) in [6.45, 7) is 16.7. The molecular weight excluding hydrogens is 1580 g/mol. The molecule has 2 N–H and O–H groups in total. The monoisotopic (exact) mass is 1700 g/mol. The SMILES string of the molecule is C.C.C.C.C.C.C.C.C.C.C.C.C.C.C.C.C=CC(=O)OCSP(=S)(SC)c1ccccc1.C=CC(=O)OCSP(=S)(SCO)c1ccccc1.C=CC(=O)OCSP(=S)(SCOC(=O)C=C)c1ccccc1.C=CC(=O)Oc1ccc(SP(=S)(Sc2ccc(O)cc2)c2ccccc2)cc1. The molecule has 0 aliphatic rings. The second-order valence-corrected chi connectivity index (χ2v) is 59.5. The molecule has 578 valence electrons. The standard InChI is InChI=1S/C21H17O3PS3.C14H15O4PS3.C11H13O3PS3.C11H13O2PS3.16CH4/c1-2-21(23)24-17-10-14-20(15-11-17)28-25(26,18-6-4-3-5-7-18)27-19-12-8-16(22)9-13-19;1-3-13(15)17-10-21-19(20,12-8-6-5-7-9-12)22-11-18-14(16)4-2;1-2-11(13)14-9-18-15(16,17-8-12)10-6-4-3-5-7-10;1-3-11(12)13-9-17-14(15,16-2)10-7-5-4-6-8-10;;;;;;;;;;;;;;;;/h2-15,22H,1H2;3-9H,1-2,10-11H2;2-7,12H,1,8-9H2;3-8H,1,9H2,2H3;16*1H4. The molecule has 0 spiro atoms. The predicted octanol–water partition coefficient (Wildman–Crippen LogP) is 25.8. The van der Waals surface area contributed by atoms with Crippen LogP contribution in [0.3, 0.4) is 0 Å². The average Bonchev–Trinajstić information content (AvgIpc) is 0.822. The summed E-state index contributed by atoms with van der Waals surface area (Å²) < 4.78 is 16.9. The molecule has 101 heavy (non-hydrogen) atoms. The normalized spacial score (nSPS) is 10.6. The first-order valence-electron chi connectivity index (χ1n) is 24.1. The van der Waals surface area contributed by atoms with Gasteiger partial charge in [-0.25, -0.2) is 24.0 Å². The number of ether oxygens (including phenoxy) is 5. The van der Waals surface area contributed by atoms with Crippen LogP contribution in [0.2, 0.25) is 0 Å². The summed E-state index contributed by atoms with van der Waals surface area (Å²) in [6, 6.07) is 53.6. The average molecular weight is 1700 g/mol. The van der Waals surface area contributed by atoms with E-state index in [1.54, 1.807) is 58.4 Å². The minimum Gasteiger partial charge on any atom is -0.508 e. The van der Waals surface area contributed by atoms with Gasteiger partial charge in [0.2, 0.25) is 0 Å². The zero-order valence-electron chi connectivity index (χ0n) is 45.3. The van der Waals surface area contributed by atoms with Crippen LogP contribution >= 0.6 is 109 Å². The van der Waals surface area contributed by atoms with E-state index in [4.69, 9.17) is 76.0 Å². The number of phenolic OH excluding ortho intramolecular Hbond substituents is 1. The Morgan fingerprint density at radius 1 is 0.356 bits per heavy atom. The summed E-state index contributed by atoms with van der Waals surface area (Å²) in [4.78, 5) is 57.5. The smallest absolute Gasteiger partial charge is 0.335 e. The van der Waals surface area contributed by atoms with E-state index in [1.807, 2.05) is 140 Å². The number of esters is 5. The second kappa shape index (κ2) is 72.1. The fraction of sp³-hybridized carbons (Fsp3) is 0.301. The zero-order valence-corrected chi connectivity index (χ0v) is 58.7. The van der Waals surface area contributed by atoms with Crippen molar-refractivity contribution in [1.82, 2.24) is 0 Å². The van der Waals surface area contributed by atoms with Crippen molar-refractivity contribution in [3.8, 4) is 11.5 Å². The Bertz CT molecular complexity index is 3310. The lowest BCUT2D eigenvalue weighted by Crippen LogP contribution is -2.05. The van der Waals surface area contributed by atoms with Gasteiger partial charge in [-0.05, 0) is 54.8 Å². The molecule has 6 aromatic rings. The molecule has 6 rings (SSSR count). The number of phenols is 1. The summed E-state index contributed by atoms with van der Waals surface area (Å²) >= 11 is 35.1. The highest BCUT2D eigenvalue weighted by molar-refractivity contribution is 9.04. The van der Waals surface area contributed by atoms with Crippen molar-refractivity contribution in [1.29, 1.82) is 0 Å². The van der Waals surface area contributed by atoms with Crippen LogP contribution in [0.4, 0.5) is 0 Å². The fourth-order valence-corrected chi connectivity index (χ4v) is 35.2. The van der Waals surface area contributed by atoms with Gasteiger partial charge in [-0.1, -0.05) is 400 Å². The summed E-state index contributed by atoms with van der Waals surface area (Å²) in [5.74, 6) is -1.01. The van der Waals surface area contributed by atoms with E-state index in [2.05, 4.69) is 45.0 Å². The number of aliphatic hydroxyl groups excluding tert-OH is 1. The highest BCUT2D eigenvalue weighted by Crippen LogP contribution is 2.73. The number of aliphatic hydroxyl groups is 1. The van der Waals surface area contributed by atoms with E-state index in [1.165, 1.54) is 56.9 Å². The van der Waals surface area contributed by atoms with E-state index < -0.39 is 47.6 Å². The molecule has 12 nitrogen and oxygen atoms in total. The van der Waals surface area contributed by atoms with Gasteiger partial charge in [-0.15, -0.1) is 11.4 Å². The fourth-order valence-electron chi connectivity index (χ4n) is 5.61. The van der Waals surface area contributed by atoms with Crippen molar-refractivity contribution in [3.63, 3.8) is 0 Å². The molecule has 0 aliphatic carbocycles. The molecule has 0 radical (unpaired) electrons. The lowest BCUT2D eigenvalue weighted by atomic mass is 10.3. The quantitative estimate of drug-likeness (QED) is 0.0113. The molecular formula is C73H122O12P4S12. The third kappa shape index (κ3) is 49.9. The Balaban J connectivity index is -0.0000000804. The van der Waals surface area contributed by atoms with Gasteiger partial charge in [-0.3, -0.25) is 0 Å². The molecule has 28 heteroatoms. The number of hydrogen-bond acceptors (Lipinski definition) is 24. The summed E-state index contributed by atoms with van der Waals surface area (Å²) in [7, 11) is 0. The van der Waals surface area contributed by atoms with Gasteiger partial charge in [-0.2, -0.15) is 0 Å². The summed E-state index contributed by atoms with van der Waals surface area (Å²) in [6.07, 6.45) is 7.61. The van der Waals surface area contributed by atoms with Crippen molar-refractivity contribution >= 4 is 207 Å². The summed E-state index contributed by atoms with van der Waals surface area (Å²) in [5, 5.41) is 22.9. The van der Waals surface area contributed by atoms with E-state index in [0.29, 0.717) is 5.75 Å². The first kappa shape index (κ1) is 130. The van der Waals surface area contributed by atoms with Gasteiger partial charge in [0.1, 0.15) is 35.3 Å². The van der Waals surface area contributed by atoms with Crippen molar-refractivity contribution in [2.45, 2.75) is 129 Å². The number of rotatable bonds is 29. The molecule has 6 aromatic carbocycles. The lowest BCUT2D eigenvalue weighted by Gasteiger charge is -2.21. The lowest BCUT2D eigenvalue weighted by molar-refractivity contribution is -0.136. The zero-order chi connectivity index (χ0) is 62.6. The first-order valence-corrected chi connectivity index (χ1v) is 47.9. The van der Waals surface area contributed by atoms with Gasteiger partial charge in [0, 0.05) is 61.4 Å². The van der Waals surface area contributed by atoms with E-state index in [-0.39, 0.29) is 154 Å². The van der Waals surface area contributed by atoms with Crippen molar-refractivity contribution in [3.05, 3.63) is 233 Å². The Hall–Kier alpha value is -3.47. The largest absolute Gasteiger partial charge is 0.508 e. The topological polar surface area (TPSA) is 172 Å². The van der Waals surface area contributed by atoms with Gasteiger partial charge in [0.25, 0.3) is 0 Å². The molecule has 0 saturated carbocycles. The third-order valence-corrected chi connectivity index (χ3v) is 51.3. The van der Waals surface area contributed by atoms with Gasteiger partial charge in [0.15, 0.2) is 0 Å². The highest BCUT2D eigenvalue weighted by Gasteiger charge is 2.26. The minimum absolute atomic E-state index is 0. The van der Waals surface area contributed by atoms with Crippen molar-refractivity contribution < 1.29 is 57.9 Å². The molecule has 0 aromatic heterocycles. The summed E-state index contributed by atoms with van der Waals surface area (Å²) in [5.41, 5.74) is 0. The Morgan fingerprint density at radius 2 is 0.594 bits per heavy atom. The predicted molar refractivity (Wildman–Crippen MR) is 494 cm³/mol. The van der Waals surface area contributed by atoms with Crippen LogP contribution in [0.15, 0.2) is 243 Å². The minimum atomic E-state index is -2.16. The van der Waals surface area contributed by atoms with Crippen molar-refractivity contribution in [2.75, 3.05) is 36.0 Å². The molecule has 0 fully saturated rings. The van der Waals surface area contributed by atoms with E-state index >= 15 is 0 Å². The van der Waals surface area contributed by atoms with Gasteiger partial charge >= 0.3 is 29.8 Å². The van der Waals surface area contributed by atoms with E-state index in [0.717, 1.165) is 61.4 Å². The Kier molecular flexibility index (Phi) is 93.0. The number of aromatic hydroxyl groups is 1. The first-order chi connectivity index (χ1) is 40.7. The van der Waals surface area contributed by atoms with Crippen LogP contribution < -0.4 is 26.0 Å². The molecule has 3 unspecified atom stereocenters. The second-order valence-electron chi connectivity index (χ2n) is 15.2. The molecule has 0 bridgehead atoms. The van der Waals surface area contributed by atoms with Crippen LogP contribution in [-0.4, -0.2) is 76.0 Å². The molecule has 3 atom stereocenters. The Labute approximate surface area is 667 Å². The van der Waals surface area contributed by atoms with Crippen LogP contribution in [0.1, 0.15) is 119 Å². The van der Waals surface area contributed by atoms with Gasteiger partial charge < -0.3 is 33.9 Å². The van der Waals surface area contributed by atoms with Crippen LogP contribution in [0.25, 0.3) is 0 Å². The molecule has 0 saturated heterocycles. The number of carbonyl (C=O) groups is 5. The van der Waals surface area contributed by atoms with Crippen LogP contribution in [0, 0.1) is 0 Å². The highest BCUT2D eigenvalue weighted by atomic mass is 33.2. The maximum Gasteiger partial charge on any atom is 0.335 e. The Morgan fingerprint density at radius 3 is 0.851 bits per heavy atom. The van der Waals surface area contributed by atoms with Crippen LogP contribution in [0.5, 0.6) is 11.5 Å². The molecule has 0 amide bonds. The number of carbonyl (C=O) groups excluding carboxylic acids is 5. The van der Waals surface area contributed by atoms with Crippen LogP contribution in [-0.2, 0) is 90.1 Å². The number of hydrogen-bond donors (Lipinski definition) is 2.